The van der Waals surface area contributed by atoms with Crippen LogP contribution in [0.3, 0.4) is 0 Å². The van der Waals surface area contributed by atoms with Crippen LogP contribution in [0.4, 0.5) is 8.78 Å². The normalized spacial score (nSPS) is 15.5. The Kier molecular flexibility index (Phi) is 6.38. The van der Waals surface area contributed by atoms with Crippen molar-refractivity contribution in [1.29, 1.82) is 0 Å². The van der Waals surface area contributed by atoms with Crippen LogP contribution >= 0.6 is 0 Å². The van der Waals surface area contributed by atoms with E-state index in [4.69, 9.17) is 0 Å². The van der Waals surface area contributed by atoms with E-state index in [0.717, 1.165) is 55.9 Å². The number of rotatable bonds is 7. The van der Waals surface area contributed by atoms with Crippen molar-refractivity contribution in [3.63, 3.8) is 0 Å². The van der Waals surface area contributed by atoms with Crippen LogP contribution in [0, 0.1) is 17.6 Å². The molecule has 0 spiro atoms. The number of carbonyl (C=O) groups is 1. The van der Waals surface area contributed by atoms with Crippen molar-refractivity contribution in [3.8, 4) is 0 Å². The Morgan fingerprint density at radius 2 is 1.97 bits per heavy atom. The predicted octanol–water partition coefficient (Wildman–Crippen LogP) is 3.92. The number of hydrogen-bond acceptors (Lipinski definition) is 3. The third-order valence-electron chi connectivity index (χ3n) is 5.94. The van der Waals surface area contributed by atoms with Gasteiger partial charge < -0.3 is 10.2 Å². The minimum absolute atomic E-state index is 0.147. The van der Waals surface area contributed by atoms with E-state index in [1.807, 2.05) is 24.3 Å². The molecule has 2 heterocycles. The largest absolute Gasteiger partial charge is 0.351 e. The van der Waals surface area contributed by atoms with Gasteiger partial charge in [0.25, 0.3) is 5.91 Å². The lowest BCUT2D eigenvalue weighted by Crippen LogP contribution is -2.36. The van der Waals surface area contributed by atoms with Crippen molar-refractivity contribution in [2.24, 2.45) is 5.92 Å². The van der Waals surface area contributed by atoms with Crippen molar-refractivity contribution < 1.29 is 13.6 Å². The van der Waals surface area contributed by atoms with Gasteiger partial charge in [0.2, 0.25) is 0 Å². The predicted molar refractivity (Wildman–Crippen MR) is 112 cm³/mol. The molecule has 1 fully saturated rings. The van der Waals surface area contributed by atoms with Crippen molar-refractivity contribution in [1.82, 2.24) is 20.4 Å². The summed E-state index contributed by atoms with van der Waals surface area (Å²) in [5.41, 5.74) is 1.86. The monoisotopic (exact) mass is 412 g/mol. The molecule has 0 unspecified atom stereocenters. The van der Waals surface area contributed by atoms with Crippen LogP contribution in [0.5, 0.6) is 0 Å². The molecular formula is C23H26F2N4O. The fraction of sp³-hybridized carbons (Fsp3) is 0.391. The van der Waals surface area contributed by atoms with Gasteiger partial charge in [0.1, 0.15) is 11.6 Å². The number of hydrogen-bond donors (Lipinski definition) is 2. The number of benzene rings is 2. The third-order valence-corrected chi connectivity index (χ3v) is 5.94. The lowest BCUT2D eigenvalue weighted by atomic mass is 9.93. The van der Waals surface area contributed by atoms with Gasteiger partial charge in [0, 0.05) is 24.5 Å². The summed E-state index contributed by atoms with van der Waals surface area (Å²) in [6.45, 7) is 3.33. The topological polar surface area (TPSA) is 61.0 Å². The first kappa shape index (κ1) is 20.5. The Balaban J connectivity index is 1.17. The van der Waals surface area contributed by atoms with Crippen LogP contribution in [0.25, 0.3) is 10.9 Å². The van der Waals surface area contributed by atoms with Gasteiger partial charge in [-0.2, -0.15) is 5.10 Å². The summed E-state index contributed by atoms with van der Waals surface area (Å²) in [7, 11) is 0. The van der Waals surface area contributed by atoms with Gasteiger partial charge >= 0.3 is 0 Å². The highest BCUT2D eigenvalue weighted by Gasteiger charge is 2.20. The van der Waals surface area contributed by atoms with Gasteiger partial charge in [-0.1, -0.05) is 24.3 Å². The van der Waals surface area contributed by atoms with Gasteiger partial charge in [0.15, 0.2) is 5.69 Å². The quantitative estimate of drug-likeness (QED) is 0.618. The second-order valence-electron chi connectivity index (χ2n) is 7.93. The van der Waals surface area contributed by atoms with Crippen LogP contribution in [0.2, 0.25) is 0 Å². The van der Waals surface area contributed by atoms with Gasteiger partial charge in [-0.3, -0.25) is 9.89 Å². The van der Waals surface area contributed by atoms with E-state index < -0.39 is 11.6 Å². The molecule has 0 bridgehead atoms. The van der Waals surface area contributed by atoms with E-state index in [1.165, 1.54) is 12.1 Å². The van der Waals surface area contributed by atoms with E-state index >= 15 is 0 Å². The molecule has 1 aromatic heterocycles. The first-order valence-corrected chi connectivity index (χ1v) is 10.5. The number of piperidine rings is 1. The summed E-state index contributed by atoms with van der Waals surface area (Å²) in [6.07, 6.45) is 3.65. The number of nitrogens with zero attached hydrogens (tertiary/aromatic N) is 2. The van der Waals surface area contributed by atoms with Crippen LogP contribution in [-0.2, 0) is 6.42 Å². The van der Waals surface area contributed by atoms with Crippen molar-refractivity contribution in [2.45, 2.75) is 25.7 Å². The summed E-state index contributed by atoms with van der Waals surface area (Å²) in [6, 6.07) is 11.4. The maximum atomic E-state index is 13.8. The van der Waals surface area contributed by atoms with Crippen LogP contribution < -0.4 is 5.32 Å². The Hall–Kier alpha value is -2.80. The second kappa shape index (κ2) is 9.34. The fourth-order valence-corrected chi connectivity index (χ4v) is 4.11. The molecule has 0 aliphatic carbocycles. The highest BCUT2D eigenvalue weighted by Crippen LogP contribution is 2.21. The lowest BCUT2D eigenvalue weighted by Gasteiger charge is -2.32. The van der Waals surface area contributed by atoms with Gasteiger partial charge in [-0.05, 0) is 62.4 Å². The Bertz CT molecular complexity index is 1010. The molecule has 158 valence electrons. The molecule has 0 saturated carbocycles. The second-order valence-corrected chi connectivity index (χ2v) is 7.93. The number of aromatic amines is 1. The average molecular weight is 412 g/mol. The zero-order valence-corrected chi connectivity index (χ0v) is 16.8. The third kappa shape index (κ3) is 4.84. The number of likely N-dealkylation sites (tertiary alicyclic amines) is 1. The highest BCUT2D eigenvalue weighted by molar-refractivity contribution is 6.04. The molecule has 1 aliphatic heterocycles. The Morgan fingerprint density at radius 1 is 1.17 bits per heavy atom. The Morgan fingerprint density at radius 3 is 2.77 bits per heavy atom. The summed E-state index contributed by atoms with van der Waals surface area (Å²) >= 11 is 0. The minimum atomic E-state index is -0.537. The molecule has 1 saturated heterocycles. The molecule has 0 atom stereocenters. The summed E-state index contributed by atoms with van der Waals surface area (Å²) in [5.74, 6) is -0.582. The Labute approximate surface area is 174 Å². The first-order chi connectivity index (χ1) is 14.6. The summed E-state index contributed by atoms with van der Waals surface area (Å²) in [5, 5.41) is 10.8. The first-order valence-electron chi connectivity index (χ1n) is 10.5. The number of fused-ring (bicyclic) bond motifs is 1. The average Bonchev–Trinajstić information content (AvgIpc) is 3.18. The fourth-order valence-electron chi connectivity index (χ4n) is 4.11. The minimum Gasteiger partial charge on any atom is -0.351 e. The van der Waals surface area contributed by atoms with Crippen LogP contribution in [0.15, 0.2) is 42.5 Å². The smallest absolute Gasteiger partial charge is 0.272 e. The van der Waals surface area contributed by atoms with Crippen molar-refractivity contribution in [2.75, 3.05) is 26.2 Å². The van der Waals surface area contributed by atoms with Crippen molar-refractivity contribution in [3.05, 3.63) is 65.4 Å². The lowest BCUT2D eigenvalue weighted by molar-refractivity contribution is 0.0944. The maximum absolute atomic E-state index is 13.8. The molecule has 1 amide bonds. The number of amides is 1. The van der Waals surface area contributed by atoms with Crippen LogP contribution in [-0.4, -0.2) is 47.2 Å². The molecular weight excluding hydrogens is 386 g/mol. The van der Waals surface area contributed by atoms with Gasteiger partial charge in [-0.25, -0.2) is 8.78 Å². The number of nitrogens with one attached hydrogen (secondary N) is 2. The van der Waals surface area contributed by atoms with E-state index in [1.54, 1.807) is 0 Å². The van der Waals surface area contributed by atoms with E-state index in [2.05, 4.69) is 20.4 Å². The number of aromatic nitrogens is 2. The highest BCUT2D eigenvalue weighted by atomic mass is 19.1. The van der Waals surface area contributed by atoms with E-state index in [-0.39, 0.29) is 5.91 Å². The standard InChI is InChI=1S/C23H26F2N4O/c24-18-6-5-17(20(25)15-18)10-14-29-12-8-16(9-13-29)7-11-26-23(30)22-19-3-1-2-4-21(19)27-28-22/h1-6,15-16H,7-14H2,(H,26,30)(H,27,28). The SMILES string of the molecule is O=C(NCCC1CCN(CCc2ccc(F)cc2F)CC1)c1n[nH]c2ccccc12. The maximum Gasteiger partial charge on any atom is 0.272 e. The number of H-pyrrole nitrogens is 1. The van der Waals surface area contributed by atoms with E-state index in [9.17, 15) is 13.6 Å². The molecule has 30 heavy (non-hydrogen) atoms. The zero-order valence-electron chi connectivity index (χ0n) is 16.8. The molecule has 1 aliphatic rings. The van der Waals surface area contributed by atoms with Crippen LogP contribution in [0.1, 0.15) is 35.3 Å². The number of para-hydroxylation sites is 1. The molecule has 4 rings (SSSR count). The van der Waals surface area contributed by atoms with E-state index in [0.29, 0.717) is 30.1 Å². The molecule has 5 nitrogen and oxygen atoms in total. The summed E-state index contributed by atoms with van der Waals surface area (Å²) < 4.78 is 26.8. The van der Waals surface area contributed by atoms with Gasteiger partial charge in [-0.15, -0.1) is 0 Å². The molecule has 7 heteroatoms. The molecule has 2 N–H and O–H groups in total. The molecule has 0 radical (unpaired) electrons. The molecule has 2 aromatic carbocycles. The molecule has 3 aromatic rings. The summed E-state index contributed by atoms with van der Waals surface area (Å²) in [4.78, 5) is 14.8. The van der Waals surface area contributed by atoms with Gasteiger partial charge in [0.05, 0.1) is 5.52 Å². The number of carbonyl (C=O) groups excluding carboxylic acids is 1. The zero-order chi connectivity index (χ0) is 20.9. The van der Waals surface area contributed by atoms with Crippen molar-refractivity contribution >= 4 is 16.8 Å². The number of halogens is 2.